The number of hydrogen-bond acceptors (Lipinski definition) is 3. The third kappa shape index (κ3) is 3.36. The summed E-state index contributed by atoms with van der Waals surface area (Å²) in [4.78, 5) is 11.3. The highest BCUT2D eigenvalue weighted by Gasteiger charge is 2.17. The van der Waals surface area contributed by atoms with Crippen LogP contribution in [0.1, 0.15) is 11.1 Å². The number of carbonyl (C=O) groups excluding carboxylic acids is 1. The highest BCUT2D eigenvalue weighted by molar-refractivity contribution is 5.72. The van der Waals surface area contributed by atoms with Crippen molar-refractivity contribution in [2.45, 2.75) is 13.3 Å². The normalized spacial score (nSPS) is 12.2. The maximum absolute atomic E-state index is 11.3. The molecule has 0 saturated heterocycles. The predicted octanol–water partition coefficient (Wildman–Crippen LogP) is 1.29. The first-order valence-corrected chi connectivity index (χ1v) is 5.00. The van der Waals surface area contributed by atoms with Crippen LogP contribution in [-0.2, 0) is 16.0 Å². The van der Waals surface area contributed by atoms with Crippen LogP contribution in [0.5, 0.6) is 0 Å². The molecule has 0 bridgehead atoms. The lowest BCUT2D eigenvalue weighted by molar-refractivity contribution is -0.145. The topological polar surface area (TPSA) is 52.3 Å². The van der Waals surface area contributed by atoms with E-state index in [1.165, 1.54) is 12.7 Å². The number of hydrogen-bond donors (Lipinski definition) is 1. The maximum atomic E-state index is 11.3. The van der Waals surface area contributed by atoms with Crippen LogP contribution in [0.15, 0.2) is 24.3 Å². The molecule has 0 saturated carbocycles. The van der Waals surface area contributed by atoms with Crippen molar-refractivity contribution in [3.63, 3.8) is 0 Å². The fourth-order valence-corrected chi connectivity index (χ4v) is 1.55. The summed E-state index contributed by atoms with van der Waals surface area (Å²) in [5, 5.41) is 0. The van der Waals surface area contributed by atoms with Gasteiger partial charge in [0, 0.05) is 6.54 Å². The molecule has 1 aromatic rings. The molecule has 0 heterocycles. The van der Waals surface area contributed by atoms with Gasteiger partial charge in [0.25, 0.3) is 0 Å². The first-order chi connectivity index (χ1) is 7.17. The highest BCUT2D eigenvalue weighted by atomic mass is 16.5. The number of esters is 1. The van der Waals surface area contributed by atoms with Gasteiger partial charge in [-0.2, -0.15) is 0 Å². The number of ether oxygens (including phenoxy) is 1. The molecule has 82 valence electrons. The summed E-state index contributed by atoms with van der Waals surface area (Å²) in [6.45, 7) is 2.35. The van der Waals surface area contributed by atoms with Gasteiger partial charge >= 0.3 is 5.97 Å². The molecule has 1 aromatic carbocycles. The van der Waals surface area contributed by atoms with Gasteiger partial charge < -0.3 is 10.5 Å². The standard InChI is InChI=1S/C12H17NO2/c1-9-4-3-5-10(6-9)7-11(8-13)12(14)15-2/h3-6,11H,7-8,13H2,1-2H3/t11-/m1/s1. The zero-order valence-electron chi connectivity index (χ0n) is 9.19. The van der Waals surface area contributed by atoms with Gasteiger partial charge in [0.2, 0.25) is 0 Å². The van der Waals surface area contributed by atoms with E-state index in [0.29, 0.717) is 13.0 Å². The van der Waals surface area contributed by atoms with E-state index in [0.717, 1.165) is 5.56 Å². The third-order valence-corrected chi connectivity index (χ3v) is 2.38. The van der Waals surface area contributed by atoms with E-state index < -0.39 is 0 Å². The first kappa shape index (κ1) is 11.7. The minimum atomic E-state index is -0.239. The summed E-state index contributed by atoms with van der Waals surface area (Å²) in [5.74, 6) is -0.476. The number of carbonyl (C=O) groups is 1. The van der Waals surface area contributed by atoms with E-state index in [-0.39, 0.29) is 11.9 Å². The monoisotopic (exact) mass is 207 g/mol. The van der Waals surface area contributed by atoms with Crippen LogP contribution < -0.4 is 5.73 Å². The van der Waals surface area contributed by atoms with Crippen LogP contribution in [0.2, 0.25) is 0 Å². The molecule has 0 unspecified atom stereocenters. The lowest BCUT2D eigenvalue weighted by atomic mass is 9.98. The molecular formula is C12H17NO2. The van der Waals surface area contributed by atoms with Gasteiger partial charge in [-0.05, 0) is 18.9 Å². The third-order valence-electron chi connectivity index (χ3n) is 2.38. The van der Waals surface area contributed by atoms with Crippen molar-refractivity contribution in [2.75, 3.05) is 13.7 Å². The van der Waals surface area contributed by atoms with Gasteiger partial charge in [0.15, 0.2) is 0 Å². The second-order valence-electron chi connectivity index (χ2n) is 3.65. The number of rotatable bonds is 4. The van der Waals surface area contributed by atoms with Crippen LogP contribution in [0.25, 0.3) is 0 Å². The average molecular weight is 207 g/mol. The van der Waals surface area contributed by atoms with E-state index in [9.17, 15) is 4.79 Å². The second kappa shape index (κ2) is 5.51. The van der Waals surface area contributed by atoms with E-state index in [1.807, 2.05) is 25.1 Å². The smallest absolute Gasteiger partial charge is 0.310 e. The summed E-state index contributed by atoms with van der Waals surface area (Å²) in [6, 6.07) is 8.07. The summed E-state index contributed by atoms with van der Waals surface area (Å²) in [7, 11) is 1.39. The van der Waals surface area contributed by atoms with E-state index in [1.54, 1.807) is 0 Å². The average Bonchev–Trinajstić information content (AvgIpc) is 2.25. The van der Waals surface area contributed by atoms with Crippen molar-refractivity contribution in [3.05, 3.63) is 35.4 Å². The predicted molar refractivity (Wildman–Crippen MR) is 59.4 cm³/mol. The zero-order chi connectivity index (χ0) is 11.3. The van der Waals surface area contributed by atoms with Crippen molar-refractivity contribution < 1.29 is 9.53 Å². The van der Waals surface area contributed by atoms with Gasteiger partial charge in [0.1, 0.15) is 0 Å². The quantitative estimate of drug-likeness (QED) is 0.757. The number of nitrogens with two attached hydrogens (primary N) is 1. The van der Waals surface area contributed by atoms with Crippen molar-refractivity contribution >= 4 is 5.97 Å². The zero-order valence-corrected chi connectivity index (χ0v) is 9.19. The van der Waals surface area contributed by atoms with Crippen LogP contribution in [-0.4, -0.2) is 19.6 Å². The summed E-state index contributed by atoms with van der Waals surface area (Å²) in [6.07, 6.45) is 0.644. The lowest BCUT2D eigenvalue weighted by Crippen LogP contribution is -2.26. The number of benzene rings is 1. The molecule has 1 atom stereocenters. The Morgan fingerprint density at radius 3 is 2.80 bits per heavy atom. The Balaban J connectivity index is 2.70. The van der Waals surface area contributed by atoms with Crippen LogP contribution in [0, 0.1) is 12.8 Å². The fraction of sp³-hybridized carbons (Fsp3) is 0.417. The molecule has 3 heteroatoms. The summed E-state index contributed by atoms with van der Waals surface area (Å²) >= 11 is 0. The van der Waals surface area contributed by atoms with E-state index in [4.69, 9.17) is 5.73 Å². The number of methoxy groups -OCH3 is 1. The molecule has 2 N–H and O–H groups in total. The van der Waals surface area contributed by atoms with Crippen molar-refractivity contribution in [1.29, 1.82) is 0 Å². The van der Waals surface area contributed by atoms with Crippen LogP contribution >= 0.6 is 0 Å². The molecule has 0 amide bonds. The van der Waals surface area contributed by atoms with Crippen LogP contribution in [0.3, 0.4) is 0 Å². The molecule has 3 nitrogen and oxygen atoms in total. The largest absolute Gasteiger partial charge is 0.469 e. The van der Waals surface area contributed by atoms with E-state index in [2.05, 4.69) is 10.8 Å². The van der Waals surface area contributed by atoms with Crippen molar-refractivity contribution in [2.24, 2.45) is 11.7 Å². The molecule has 0 aliphatic heterocycles. The molecule has 15 heavy (non-hydrogen) atoms. The summed E-state index contributed by atoms with van der Waals surface area (Å²) < 4.78 is 4.69. The van der Waals surface area contributed by atoms with Crippen molar-refractivity contribution in [3.8, 4) is 0 Å². The van der Waals surface area contributed by atoms with Crippen LogP contribution in [0.4, 0.5) is 0 Å². The SMILES string of the molecule is COC(=O)[C@@H](CN)Cc1cccc(C)c1. The molecule has 1 rings (SSSR count). The maximum Gasteiger partial charge on any atom is 0.310 e. The first-order valence-electron chi connectivity index (χ1n) is 5.00. The molecule has 0 radical (unpaired) electrons. The molecule has 0 aliphatic carbocycles. The van der Waals surface area contributed by atoms with Gasteiger partial charge in [0.05, 0.1) is 13.0 Å². The summed E-state index contributed by atoms with van der Waals surface area (Å²) in [5.41, 5.74) is 7.84. The molecule has 0 fully saturated rings. The molecule has 0 aliphatic rings. The minimum absolute atomic E-state index is 0.237. The van der Waals surface area contributed by atoms with Crippen molar-refractivity contribution in [1.82, 2.24) is 0 Å². The Labute approximate surface area is 90.2 Å². The highest BCUT2D eigenvalue weighted by Crippen LogP contribution is 2.11. The molecule has 0 aromatic heterocycles. The van der Waals surface area contributed by atoms with Gasteiger partial charge in [-0.3, -0.25) is 4.79 Å². The van der Waals surface area contributed by atoms with Gasteiger partial charge in [-0.15, -0.1) is 0 Å². The lowest BCUT2D eigenvalue weighted by Gasteiger charge is -2.12. The number of aryl methyl sites for hydroxylation is 1. The minimum Gasteiger partial charge on any atom is -0.469 e. The Bertz CT molecular complexity index is 336. The Morgan fingerprint density at radius 1 is 1.53 bits per heavy atom. The Kier molecular flexibility index (Phi) is 4.31. The fourth-order valence-electron chi connectivity index (χ4n) is 1.55. The van der Waals surface area contributed by atoms with Gasteiger partial charge in [-0.25, -0.2) is 0 Å². The van der Waals surface area contributed by atoms with E-state index >= 15 is 0 Å². The Morgan fingerprint density at radius 2 is 2.27 bits per heavy atom. The van der Waals surface area contributed by atoms with Gasteiger partial charge in [-0.1, -0.05) is 29.8 Å². The molecule has 0 spiro atoms. The second-order valence-corrected chi connectivity index (χ2v) is 3.65. The Hall–Kier alpha value is -1.35. The molecular weight excluding hydrogens is 190 g/mol.